The Labute approximate surface area is 140 Å². The van der Waals surface area contributed by atoms with Gasteiger partial charge in [0.15, 0.2) is 0 Å². The van der Waals surface area contributed by atoms with Crippen LogP contribution in [0.4, 0.5) is 4.39 Å². The average Bonchev–Trinajstić information content (AvgIpc) is 2.94. The highest BCUT2D eigenvalue weighted by atomic mass is 19.1. The van der Waals surface area contributed by atoms with Crippen LogP contribution >= 0.6 is 0 Å². The molecule has 0 aliphatic heterocycles. The highest BCUT2D eigenvalue weighted by molar-refractivity contribution is 5.90. The van der Waals surface area contributed by atoms with Crippen molar-refractivity contribution in [1.82, 2.24) is 10.2 Å². The molecule has 1 aromatic heterocycles. The van der Waals surface area contributed by atoms with Crippen LogP contribution < -0.4 is 0 Å². The summed E-state index contributed by atoms with van der Waals surface area (Å²) in [7, 11) is 0. The van der Waals surface area contributed by atoms with Gasteiger partial charge in [0.2, 0.25) is 0 Å². The molecular weight excluding hydrogens is 301 g/mol. The van der Waals surface area contributed by atoms with E-state index in [9.17, 15) is 4.39 Å². The van der Waals surface area contributed by atoms with Gasteiger partial charge in [-0.1, -0.05) is 43.0 Å². The molecule has 0 saturated carbocycles. The third kappa shape index (κ3) is 3.33. The molecule has 0 fully saturated rings. The molecule has 4 heteroatoms. The van der Waals surface area contributed by atoms with Crippen molar-refractivity contribution in [2.45, 2.75) is 13.3 Å². The third-order valence-electron chi connectivity index (χ3n) is 3.84. The van der Waals surface area contributed by atoms with E-state index in [1.54, 1.807) is 18.3 Å². The van der Waals surface area contributed by atoms with Crippen LogP contribution in [0, 0.1) is 12.7 Å². The molecule has 0 radical (unpaired) electrons. The number of hydrogen-bond acceptors (Lipinski definition) is 2. The van der Waals surface area contributed by atoms with Crippen LogP contribution in [0.5, 0.6) is 0 Å². The maximum atomic E-state index is 14.6. The maximum absolute atomic E-state index is 14.6. The molecule has 120 valence electrons. The molecular formula is C20H18FN3. The monoisotopic (exact) mass is 319 g/mol. The lowest BCUT2D eigenvalue weighted by Crippen LogP contribution is -1.94. The number of nitrogens with zero attached hydrogens (tertiary/aromatic N) is 2. The summed E-state index contributed by atoms with van der Waals surface area (Å²) in [4.78, 5) is 4.02. The lowest BCUT2D eigenvalue weighted by Gasteiger charge is -2.06. The van der Waals surface area contributed by atoms with Gasteiger partial charge in [0.1, 0.15) is 11.5 Å². The Morgan fingerprint density at radius 3 is 2.67 bits per heavy atom. The van der Waals surface area contributed by atoms with E-state index in [0.717, 1.165) is 22.4 Å². The lowest BCUT2D eigenvalue weighted by molar-refractivity contribution is 0.629. The molecule has 0 aliphatic rings. The standard InChI is InChI=1S/C20H18FN3/c1-3-22-13-18-14(2)23-24-20(18)17-10-9-16(12-19(17)21)11-15-7-5-4-6-8-15/h3-10,12-13H,1,11H2,2H3,(H,23,24). The van der Waals surface area contributed by atoms with Crippen molar-refractivity contribution in [3.05, 3.63) is 89.5 Å². The normalized spacial score (nSPS) is 11.1. The van der Waals surface area contributed by atoms with E-state index in [4.69, 9.17) is 0 Å². The van der Waals surface area contributed by atoms with Crippen molar-refractivity contribution >= 4 is 6.21 Å². The number of aliphatic imine (C=N–C) groups is 1. The summed E-state index contributed by atoms with van der Waals surface area (Å²) in [6, 6.07) is 15.3. The molecule has 1 heterocycles. The second-order valence-corrected chi connectivity index (χ2v) is 5.55. The smallest absolute Gasteiger partial charge is 0.132 e. The van der Waals surface area contributed by atoms with Crippen molar-refractivity contribution in [1.29, 1.82) is 0 Å². The number of H-pyrrole nitrogens is 1. The van der Waals surface area contributed by atoms with Crippen LogP contribution in [0.15, 0.2) is 66.3 Å². The van der Waals surface area contributed by atoms with Crippen LogP contribution in [0.1, 0.15) is 22.4 Å². The first-order chi connectivity index (χ1) is 11.7. The van der Waals surface area contributed by atoms with Crippen LogP contribution in [-0.4, -0.2) is 16.4 Å². The van der Waals surface area contributed by atoms with Gasteiger partial charge in [0.25, 0.3) is 0 Å². The molecule has 3 aromatic rings. The van der Waals surface area contributed by atoms with Gasteiger partial charge >= 0.3 is 0 Å². The first-order valence-electron chi connectivity index (χ1n) is 7.71. The second kappa shape index (κ2) is 7.04. The van der Waals surface area contributed by atoms with Gasteiger partial charge in [-0.2, -0.15) is 5.10 Å². The summed E-state index contributed by atoms with van der Waals surface area (Å²) in [5.41, 5.74) is 4.70. The topological polar surface area (TPSA) is 41.0 Å². The third-order valence-corrected chi connectivity index (χ3v) is 3.84. The van der Waals surface area contributed by atoms with Gasteiger partial charge in [0.05, 0.1) is 0 Å². The molecule has 0 unspecified atom stereocenters. The molecule has 0 spiro atoms. The number of aromatic amines is 1. The van der Waals surface area contributed by atoms with E-state index in [1.165, 1.54) is 6.20 Å². The second-order valence-electron chi connectivity index (χ2n) is 5.55. The van der Waals surface area contributed by atoms with Gasteiger partial charge in [-0.3, -0.25) is 10.1 Å². The van der Waals surface area contributed by atoms with Gasteiger partial charge in [-0.15, -0.1) is 0 Å². The zero-order valence-electron chi connectivity index (χ0n) is 13.5. The van der Waals surface area contributed by atoms with Crippen molar-refractivity contribution in [3.8, 4) is 11.3 Å². The Hall–Kier alpha value is -3.01. The van der Waals surface area contributed by atoms with E-state index < -0.39 is 0 Å². The maximum Gasteiger partial charge on any atom is 0.132 e. The van der Waals surface area contributed by atoms with Gasteiger partial charge in [0, 0.05) is 29.2 Å². The van der Waals surface area contributed by atoms with Crippen LogP contribution in [-0.2, 0) is 6.42 Å². The predicted octanol–water partition coefficient (Wildman–Crippen LogP) is 4.68. The van der Waals surface area contributed by atoms with Gasteiger partial charge in [-0.05, 0) is 36.6 Å². The summed E-state index contributed by atoms with van der Waals surface area (Å²) in [6.45, 7) is 5.44. The zero-order valence-corrected chi connectivity index (χ0v) is 13.5. The van der Waals surface area contributed by atoms with Crippen molar-refractivity contribution in [2.24, 2.45) is 4.99 Å². The number of aromatic nitrogens is 2. The quantitative estimate of drug-likeness (QED) is 0.682. The summed E-state index contributed by atoms with van der Waals surface area (Å²) in [5.74, 6) is -0.289. The number of nitrogens with one attached hydrogen (secondary N) is 1. The van der Waals surface area contributed by atoms with Crippen LogP contribution in [0.3, 0.4) is 0 Å². The summed E-state index contributed by atoms with van der Waals surface area (Å²) < 4.78 is 14.6. The van der Waals surface area contributed by atoms with E-state index in [0.29, 0.717) is 17.7 Å². The first kappa shape index (κ1) is 15.9. The fourth-order valence-electron chi connectivity index (χ4n) is 2.62. The average molecular weight is 319 g/mol. The number of halogens is 1. The van der Waals surface area contributed by atoms with E-state index >= 15 is 0 Å². The molecule has 0 aliphatic carbocycles. The Bertz CT molecular complexity index is 879. The SMILES string of the molecule is C=CN=Cc1c(-c2ccc(Cc3ccccc3)cc2F)n[nH]c1C. The Kier molecular flexibility index (Phi) is 4.66. The van der Waals surface area contributed by atoms with Gasteiger partial charge < -0.3 is 0 Å². The summed E-state index contributed by atoms with van der Waals surface area (Å²) in [6.07, 6.45) is 3.77. The summed E-state index contributed by atoms with van der Waals surface area (Å²) in [5, 5.41) is 7.11. The Morgan fingerprint density at radius 2 is 1.96 bits per heavy atom. The fraction of sp³-hybridized carbons (Fsp3) is 0.100. The summed E-state index contributed by atoms with van der Waals surface area (Å²) >= 11 is 0. The van der Waals surface area contributed by atoms with E-state index in [1.807, 2.05) is 43.3 Å². The van der Waals surface area contributed by atoms with Gasteiger partial charge in [-0.25, -0.2) is 4.39 Å². The van der Waals surface area contributed by atoms with Crippen LogP contribution in [0.2, 0.25) is 0 Å². The minimum absolute atomic E-state index is 0.289. The molecule has 0 saturated heterocycles. The minimum Gasteiger partial charge on any atom is -0.282 e. The first-order valence-corrected chi connectivity index (χ1v) is 7.71. The number of rotatable bonds is 5. The van der Waals surface area contributed by atoms with Crippen molar-refractivity contribution in [3.63, 3.8) is 0 Å². The lowest BCUT2D eigenvalue weighted by atomic mass is 10.0. The molecule has 3 nitrogen and oxygen atoms in total. The fourth-order valence-corrected chi connectivity index (χ4v) is 2.62. The highest BCUT2D eigenvalue weighted by Gasteiger charge is 2.15. The molecule has 0 amide bonds. The predicted molar refractivity (Wildman–Crippen MR) is 95.8 cm³/mol. The minimum atomic E-state index is -0.289. The number of hydrogen-bond donors (Lipinski definition) is 1. The molecule has 24 heavy (non-hydrogen) atoms. The zero-order chi connectivity index (χ0) is 16.9. The molecule has 2 aromatic carbocycles. The molecule has 0 bridgehead atoms. The molecule has 0 atom stereocenters. The Balaban J connectivity index is 1.93. The molecule has 3 rings (SSSR count). The highest BCUT2D eigenvalue weighted by Crippen LogP contribution is 2.26. The largest absolute Gasteiger partial charge is 0.282 e. The molecule has 1 N–H and O–H groups in total. The number of benzene rings is 2. The van der Waals surface area contributed by atoms with Crippen molar-refractivity contribution in [2.75, 3.05) is 0 Å². The van der Waals surface area contributed by atoms with E-state index in [-0.39, 0.29) is 5.82 Å². The Morgan fingerprint density at radius 1 is 1.17 bits per heavy atom. The van der Waals surface area contributed by atoms with E-state index in [2.05, 4.69) is 21.8 Å². The number of aryl methyl sites for hydroxylation is 1. The van der Waals surface area contributed by atoms with Crippen molar-refractivity contribution < 1.29 is 4.39 Å². The van der Waals surface area contributed by atoms with Crippen LogP contribution in [0.25, 0.3) is 11.3 Å².